The summed E-state index contributed by atoms with van der Waals surface area (Å²) in [6.07, 6.45) is 3.24. The van der Waals surface area contributed by atoms with Gasteiger partial charge in [0.15, 0.2) is 5.82 Å². The van der Waals surface area contributed by atoms with Gasteiger partial charge in [0.1, 0.15) is 0 Å². The molecule has 1 aromatic carbocycles. The normalized spacial score (nSPS) is 17.6. The quantitative estimate of drug-likeness (QED) is 0.711. The van der Waals surface area contributed by atoms with E-state index in [0.29, 0.717) is 5.82 Å². The first-order valence-electron chi connectivity index (χ1n) is 11.2. The standard InChI is InChI=1S/C24H32N4O3/c1-15(16-9-11-18(12-10-16)27-13-5-6-14-27)22(29)25-21-19(24(2,3)4)20(17-7-8-17)28(26-21)23(30)31/h9-12,15,17H,5-8,13-14H2,1-4H3,(H,30,31)(H,25,26,29). The summed E-state index contributed by atoms with van der Waals surface area (Å²) < 4.78 is 1.06. The number of rotatable bonds is 5. The molecule has 0 spiro atoms. The van der Waals surface area contributed by atoms with Crippen LogP contribution in [0.5, 0.6) is 0 Å². The molecule has 166 valence electrons. The lowest BCUT2D eigenvalue weighted by Crippen LogP contribution is -2.23. The van der Waals surface area contributed by atoms with E-state index in [4.69, 9.17) is 0 Å². The van der Waals surface area contributed by atoms with Crippen LogP contribution in [0.15, 0.2) is 24.3 Å². The lowest BCUT2D eigenvalue weighted by molar-refractivity contribution is -0.117. The van der Waals surface area contributed by atoms with Crippen molar-refractivity contribution in [3.05, 3.63) is 41.1 Å². The fraction of sp³-hybridized carbons (Fsp3) is 0.542. The minimum atomic E-state index is -1.11. The van der Waals surface area contributed by atoms with E-state index < -0.39 is 6.09 Å². The van der Waals surface area contributed by atoms with Crippen molar-refractivity contribution in [2.24, 2.45) is 0 Å². The third-order valence-corrected chi connectivity index (χ3v) is 6.32. The van der Waals surface area contributed by atoms with Crippen molar-refractivity contribution in [2.75, 3.05) is 23.3 Å². The molecule has 1 unspecified atom stereocenters. The molecule has 1 saturated heterocycles. The molecule has 0 bridgehead atoms. The van der Waals surface area contributed by atoms with E-state index in [1.54, 1.807) is 0 Å². The van der Waals surface area contributed by atoms with E-state index in [2.05, 4.69) is 27.4 Å². The summed E-state index contributed by atoms with van der Waals surface area (Å²) >= 11 is 0. The van der Waals surface area contributed by atoms with Gasteiger partial charge in [0.05, 0.1) is 11.6 Å². The first kappa shape index (κ1) is 21.4. The average Bonchev–Trinajstić information content (AvgIpc) is 3.25. The van der Waals surface area contributed by atoms with Crippen LogP contribution in [0.3, 0.4) is 0 Å². The zero-order chi connectivity index (χ0) is 22.3. The lowest BCUT2D eigenvalue weighted by atomic mass is 9.85. The fourth-order valence-electron chi connectivity index (χ4n) is 4.46. The number of aromatic nitrogens is 2. The van der Waals surface area contributed by atoms with Gasteiger partial charge in [-0.3, -0.25) is 4.79 Å². The number of carboxylic acid groups (broad SMARTS) is 1. The van der Waals surface area contributed by atoms with Crippen molar-refractivity contribution < 1.29 is 14.7 Å². The minimum absolute atomic E-state index is 0.184. The molecule has 1 amide bonds. The lowest BCUT2D eigenvalue weighted by Gasteiger charge is -2.22. The third kappa shape index (κ3) is 4.31. The number of anilines is 2. The second-order valence-electron chi connectivity index (χ2n) is 9.82. The molecule has 2 heterocycles. The highest BCUT2D eigenvalue weighted by Crippen LogP contribution is 2.47. The van der Waals surface area contributed by atoms with Crippen LogP contribution in [0.1, 0.15) is 82.0 Å². The van der Waals surface area contributed by atoms with Crippen molar-refractivity contribution in [3.63, 3.8) is 0 Å². The van der Waals surface area contributed by atoms with Crippen molar-refractivity contribution in [1.82, 2.24) is 9.78 Å². The zero-order valence-corrected chi connectivity index (χ0v) is 18.8. The van der Waals surface area contributed by atoms with Gasteiger partial charge < -0.3 is 15.3 Å². The Labute approximate surface area is 183 Å². The number of carbonyl (C=O) groups is 2. The molecule has 7 nitrogen and oxygen atoms in total. The van der Waals surface area contributed by atoms with E-state index in [-0.39, 0.29) is 23.2 Å². The molecule has 1 aliphatic heterocycles. The maximum Gasteiger partial charge on any atom is 0.432 e. The van der Waals surface area contributed by atoms with Crippen molar-refractivity contribution in [2.45, 2.75) is 70.6 Å². The molecule has 1 aliphatic carbocycles. The Morgan fingerprint density at radius 1 is 1.13 bits per heavy atom. The monoisotopic (exact) mass is 424 g/mol. The van der Waals surface area contributed by atoms with Gasteiger partial charge in [-0.25, -0.2) is 4.79 Å². The molecule has 7 heteroatoms. The number of hydrogen-bond acceptors (Lipinski definition) is 4. The Kier molecular flexibility index (Phi) is 5.54. The Hall–Kier alpha value is -2.83. The van der Waals surface area contributed by atoms with E-state index in [9.17, 15) is 14.7 Å². The van der Waals surface area contributed by atoms with E-state index in [1.165, 1.54) is 18.5 Å². The maximum absolute atomic E-state index is 13.1. The van der Waals surface area contributed by atoms with Crippen LogP contribution >= 0.6 is 0 Å². The predicted octanol–water partition coefficient (Wildman–Crippen LogP) is 4.93. The number of hydrogen-bond donors (Lipinski definition) is 2. The highest BCUT2D eigenvalue weighted by atomic mass is 16.4. The number of nitrogens with one attached hydrogen (secondary N) is 1. The Morgan fingerprint density at radius 2 is 1.74 bits per heavy atom. The van der Waals surface area contributed by atoms with Gasteiger partial charge in [-0.15, -0.1) is 5.10 Å². The maximum atomic E-state index is 13.1. The van der Waals surface area contributed by atoms with Gasteiger partial charge in [0.25, 0.3) is 0 Å². The molecule has 31 heavy (non-hydrogen) atoms. The first-order chi connectivity index (χ1) is 14.7. The SMILES string of the molecule is CC(C(=O)Nc1nn(C(=O)O)c(C2CC2)c1C(C)(C)C)c1ccc(N2CCCC2)cc1. The van der Waals surface area contributed by atoms with Gasteiger partial charge >= 0.3 is 6.09 Å². The summed E-state index contributed by atoms with van der Waals surface area (Å²) in [6, 6.07) is 8.17. The van der Waals surface area contributed by atoms with Gasteiger partial charge in [-0.2, -0.15) is 4.68 Å². The third-order valence-electron chi connectivity index (χ3n) is 6.32. The molecule has 4 rings (SSSR count). The number of benzene rings is 1. The Bertz CT molecular complexity index is 977. The summed E-state index contributed by atoms with van der Waals surface area (Å²) in [5.74, 6) is -0.00187. The predicted molar refractivity (Wildman–Crippen MR) is 121 cm³/mol. The van der Waals surface area contributed by atoms with Crippen LogP contribution in [-0.4, -0.2) is 40.0 Å². The minimum Gasteiger partial charge on any atom is -0.463 e. The topological polar surface area (TPSA) is 87.5 Å². The van der Waals surface area contributed by atoms with Crippen LogP contribution in [0, 0.1) is 0 Å². The molecular weight excluding hydrogens is 392 g/mol. The highest BCUT2D eigenvalue weighted by molar-refractivity contribution is 5.96. The van der Waals surface area contributed by atoms with Crippen LogP contribution in [0.25, 0.3) is 0 Å². The molecule has 2 fully saturated rings. The summed E-state index contributed by atoms with van der Waals surface area (Å²) in [5, 5.41) is 16.9. The highest BCUT2D eigenvalue weighted by Gasteiger charge is 2.38. The Morgan fingerprint density at radius 3 is 2.26 bits per heavy atom. The molecule has 2 aliphatic rings. The van der Waals surface area contributed by atoms with Crippen LogP contribution in [0.4, 0.5) is 16.3 Å². The second-order valence-corrected chi connectivity index (χ2v) is 9.82. The Balaban J connectivity index is 1.57. The molecule has 2 aromatic rings. The van der Waals surface area contributed by atoms with Crippen molar-refractivity contribution in [3.8, 4) is 0 Å². The van der Waals surface area contributed by atoms with E-state index in [0.717, 1.165) is 47.4 Å². The zero-order valence-electron chi connectivity index (χ0n) is 18.8. The summed E-state index contributed by atoms with van der Waals surface area (Å²) in [6.45, 7) is 10.1. The van der Waals surface area contributed by atoms with Gasteiger partial charge in [-0.1, -0.05) is 32.9 Å². The average molecular weight is 425 g/mol. The van der Waals surface area contributed by atoms with E-state index in [1.807, 2.05) is 39.8 Å². The molecular formula is C24H32N4O3. The smallest absolute Gasteiger partial charge is 0.432 e. The number of nitrogens with zero attached hydrogens (tertiary/aromatic N) is 3. The molecule has 0 radical (unpaired) electrons. The summed E-state index contributed by atoms with van der Waals surface area (Å²) in [5.41, 5.74) is 3.32. The molecule has 1 atom stereocenters. The van der Waals surface area contributed by atoms with Crippen LogP contribution < -0.4 is 10.2 Å². The molecule has 1 aromatic heterocycles. The van der Waals surface area contributed by atoms with Crippen LogP contribution in [-0.2, 0) is 10.2 Å². The van der Waals surface area contributed by atoms with Gasteiger partial charge in [-0.05, 0) is 55.7 Å². The van der Waals surface area contributed by atoms with Crippen molar-refractivity contribution >= 4 is 23.5 Å². The number of amides is 1. The largest absolute Gasteiger partial charge is 0.463 e. The first-order valence-corrected chi connectivity index (χ1v) is 11.2. The molecule has 1 saturated carbocycles. The number of carbonyl (C=O) groups excluding carboxylic acids is 1. The van der Waals surface area contributed by atoms with Gasteiger partial charge in [0.2, 0.25) is 5.91 Å². The van der Waals surface area contributed by atoms with Crippen molar-refractivity contribution in [1.29, 1.82) is 0 Å². The van der Waals surface area contributed by atoms with Crippen LogP contribution in [0.2, 0.25) is 0 Å². The second kappa shape index (κ2) is 8.02. The van der Waals surface area contributed by atoms with Gasteiger partial charge in [0, 0.05) is 30.3 Å². The molecule has 2 N–H and O–H groups in total. The summed E-state index contributed by atoms with van der Waals surface area (Å²) in [4.78, 5) is 27.3. The summed E-state index contributed by atoms with van der Waals surface area (Å²) in [7, 11) is 0. The fourth-order valence-corrected chi connectivity index (χ4v) is 4.46. The van der Waals surface area contributed by atoms with E-state index >= 15 is 0 Å².